The van der Waals surface area contributed by atoms with Gasteiger partial charge in [-0.2, -0.15) is 4.98 Å². The van der Waals surface area contributed by atoms with Gasteiger partial charge in [0.1, 0.15) is 17.4 Å². The number of rotatable bonds is 4. The Kier molecular flexibility index (Phi) is 4.39. The first-order valence-corrected chi connectivity index (χ1v) is 9.46. The van der Waals surface area contributed by atoms with E-state index in [9.17, 15) is 13.6 Å². The molecule has 8 heteroatoms. The van der Waals surface area contributed by atoms with E-state index in [1.165, 1.54) is 36.5 Å². The summed E-state index contributed by atoms with van der Waals surface area (Å²) < 4.78 is 36.0. The molecule has 0 saturated heterocycles. The van der Waals surface area contributed by atoms with Crippen molar-refractivity contribution in [2.75, 3.05) is 0 Å². The molecule has 0 spiro atoms. The monoisotopic (exact) mass is 406 g/mol. The number of benzene rings is 2. The maximum absolute atomic E-state index is 13.4. The Morgan fingerprint density at radius 3 is 2.53 bits per heavy atom. The van der Waals surface area contributed by atoms with Crippen molar-refractivity contribution >= 4 is 0 Å². The smallest absolute Gasteiger partial charge is 0.322 e. The molecule has 0 saturated carbocycles. The second-order valence-electron chi connectivity index (χ2n) is 6.92. The van der Waals surface area contributed by atoms with Gasteiger partial charge in [-0.25, -0.2) is 18.4 Å². The molecule has 0 radical (unpaired) electrons. The number of fused-ring (bicyclic) bond motifs is 1. The normalized spacial score (nSPS) is 12.7. The van der Waals surface area contributed by atoms with Crippen LogP contribution in [-0.2, 0) is 13.1 Å². The van der Waals surface area contributed by atoms with Gasteiger partial charge in [0.2, 0.25) is 0 Å². The summed E-state index contributed by atoms with van der Waals surface area (Å²) in [6, 6.07) is 13.2. The van der Waals surface area contributed by atoms with Gasteiger partial charge < -0.3 is 4.74 Å². The van der Waals surface area contributed by atoms with E-state index in [-0.39, 0.29) is 23.1 Å². The van der Waals surface area contributed by atoms with Crippen molar-refractivity contribution in [1.29, 1.82) is 0 Å². The van der Waals surface area contributed by atoms with Gasteiger partial charge in [-0.05, 0) is 42.3 Å². The third kappa shape index (κ3) is 3.16. The van der Waals surface area contributed by atoms with Crippen molar-refractivity contribution in [2.45, 2.75) is 19.5 Å². The van der Waals surface area contributed by atoms with E-state index in [0.29, 0.717) is 35.6 Å². The van der Waals surface area contributed by atoms with Crippen LogP contribution in [0.5, 0.6) is 11.8 Å². The average molecular weight is 406 g/mol. The first kappa shape index (κ1) is 18.2. The molecule has 5 rings (SSSR count). The molecule has 2 aromatic carbocycles. The topological polar surface area (TPSA) is 61.9 Å². The second-order valence-corrected chi connectivity index (χ2v) is 6.92. The summed E-state index contributed by atoms with van der Waals surface area (Å²) in [4.78, 5) is 21.7. The Morgan fingerprint density at radius 1 is 0.933 bits per heavy atom. The second kappa shape index (κ2) is 7.22. The third-order valence-electron chi connectivity index (χ3n) is 4.99. The van der Waals surface area contributed by atoms with Crippen molar-refractivity contribution in [3.63, 3.8) is 0 Å². The van der Waals surface area contributed by atoms with E-state index in [0.717, 1.165) is 6.42 Å². The molecule has 1 aliphatic heterocycles. The molecule has 0 N–H and O–H groups in total. The zero-order chi connectivity index (χ0) is 20.7. The number of nitrogens with zero attached hydrogens (tertiary/aromatic N) is 4. The largest absolute Gasteiger partial charge is 0.424 e. The fourth-order valence-corrected chi connectivity index (χ4v) is 3.71. The lowest BCUT2D eigenvalue weighted by Crippen LogP contribution is -2.17. The Morgan fingerprint density at radius 2 is 1.73 bits per heavy atom. The molecule has 0 fully saturated rings. The van der Waals surface area contributed by atoms with Crippen LogP contribution >= 0.6 is 0 Å². The lowest BCUT2D eigenvalue weighted by Gasteiger charge is -2.09. The summed E-state index contributed by atoms with van der Waals surface area (Å²) >= 11 is 0. The van der Waals surface area contributed by atoms with Crippen LogP contribution in [0.25, 0.3) is 22.5 Å². The minimum Gasteiger partial charge on any atom is -0.424 e. The molecule has 3 heterocycles. The zero-order valence-electron chi connectivity index (χ0n) is 15.8. The third-order valence-corrected chi connectivity index (χ3v) is 4.99. The van der Waals surface area contributed by atoms with E-state index in [2.05, 4.69) is 9.97 Å². The number of halogens is 2. The lowest BCUT2D eigenvalue weighted by atomic mass is 10.0. The van der Waals surface area contributed by atoms with Crippen LogP contribution in [0.2, 0.25) is 0 Å². The van der Waals surface area contributed by atoms with Crippen molar-refractivity contribution in [1.82, 2.24) is 19.3 Å². The van der Waals surface area contributed by atoms with Crippen LogP contribution in [0.3, 0.4) is 0 Å². The predicted octanol–water partition coefficient (Wildman–Crippen LogP) is 4.25. The highest BCUT2D eigenvalue weighted by atomic mass is 19.1. The number of hydrogen-bond acceptors (Lipinski definition) is 4. The van der Waals surface area contributed by atoms with Crippen molar-refractivity contribution in [3.05, 3.63) is 82.8 Å². The lowest BCUT2D eigenvalue weighted by molar-refractivity contribution is 0.438. The van der Waals surface area contributed by atoms with E-state index >= 15 is 0 Å². The SMILES string of the molecule is O=c1c(-c2ccc(F)cc2)c(-c2ccnc(Oc3cccc(F)c3)n2)n2n1CCC2. The maximum Gasteiger partial charge on any atom is 0.322 e. The fraction of sp³-hybridized carbons (Fsp3) is 0.136. The molecule has 0 bridgehead atoms. The molecule has 0 unspecified atom stereocenters. The first-order valence-electron chi connectivity index (χ1n) is 9.46. The van der Waals surface area contributed by atoms with Gasteiger partial charge in [0, 0.05) is 25.4 Å². The highest BCUT2D eigenvalue weighted by Gasteiger charge is 2.26. The molecule has 1 aliphatic rings. The molecule has 6 nitrogen and oxygen atoms in total. The van der Waals surface area contributed by atoms with Gasteiger partial charge >= 0.3 is 6.01 Å². The summed E-state index contributed by atoms with van der Waals surface area (Å²) in [5.41, 5.74) is 2.02. The Bertz CT molecular complexity index is 1300. The minimum absolute atomic E-state index is 0.0363. The van der Waals surface area contributed by atoms with Gasteiger partial charge in [-0.1, -0.05) is 18.2 Å². The highest BCUT2D eigenvalue weighted by Crippen LogP contribution is 2.32. The van der Waals surface area contributed by atoms with Crippen LogP contribution in [0.4, 0.5) is 8.78 Å². The molecular formula is C22H16F2N4O2. The van der Waals surface area contributed by atoms with Crippen LogP contribution in [0, 0.1) is 11.6 Å². The predicted molar refractivity (Wildman–Crippen MR) is 106 cm³/mol. The summed E-state index contributed by atoms with van der Waals surface area (Å²) in [6.07, 6.45) is 2.36. The van der Waals surface area contributed by atoms with Crippen LogP contribution in [0.1, 0.15) is 6.42 Å². The summed E-state index contributed by atoms with van der Waals surface area (Å²) in [5, 5.41) is 0. The zero-order valence-corrected chi connectivity index (χ0v) is 15.8. The van der Waals surface area contributed by atoms with Crippen molar-refractivity contribution in [3.8, 4) is 34.3 Å². The quantitative estimate of drug-likeness (QED) is 0.508. The molecular weight excluding hydrogens is 390 g/mol. The molecule has 30 heavy (non-hydrogen) atoms. The van der Waals surface area contributed by atoms with Gasteiger partial charge in [0.05, 0.1) is 17.0 Å². The summed E-state index contributed by atoms with van der Waals surface area (Å²) in [6.45, 7) is 1.26. The first-order chi connectivity index (χ1) is 14.6. The number of ether oxygens (including phenoxy) is 1. The Hall–Kier alpha value is -3.81. The molecule has 0 amide bonds. The molecule has 2 aromatic heterocycles. The Labute approximate surface area is 170 Å². The van der Waals surface area contributed by atoms with Crippen molar-refractivity contribution in [2.24, 2.45) is 0 Å². The average Bonchev–Trinajstić information content (AvgIpc) is 3.31. The summed E-state index contributed by atoms with van der Waals surface area (Å²) in [7, 11) is 0. The van der Waals surface area contributed by atoms with Crippen LogP contribution < -0.4 is 10.3 Å². The van der Waals surface area contributed by atoms with E-state index in [4.69, 9.17) is 4.74 Å². The van der Waals surface area contributed by atoms with Crippen molar-refractivity contribution < 1.29 is 13.5 Å². The highest BCUT2D eigenvalue weighted by molar-refractivity contribution is 5.79. The minimum atomic E-state index is -0.431. The Balaban J connectivity index is 1.63. The number of aromatic nitrogens is 4. The molecule has 0 aliphatic carbocycles. The van der Waals surface area contributed by atoms with E-state index in [1.54, 1.807) is 28.9 Å². The molecule has 4 aromatic rings. The molecule has 150 valence electrons. The molecule has 0 atom stereocenters. The van der Waals surface area contributed by atoms with E-state index in [1.807, 2.05) is 4.68 Å². The van der Waals surface area contributed by atoms with Crippen LogP contribution in [-0.4, -0.2) is 19.3 Å². The van der Waals surface area contributed by atoms with Gasteiger partial charge in [-0.3, -0.25) is 9.48 Å². The van der Waals surface area contributed by atoms with Gasteiger partial charge in [0.25, 0.3) is 5.56 Å². The van der Waals surface area contributed by atoms with E-state index < -0.39 is 5.82 Å². The fourth-order valence-electron chi connectivity index (χ4n) is 3.71. The van der Waals surface area contributed by atoms with Crippen LogP contribution in [0.15, 0.2) is 65.6 Å². The van der Waals surface area contributed by atoms with Gasteiger partial charge in [-0.15, -0.1) is 0 Å². The standard InChI is InChI=1S/C22H16F2N4O2/c23-15-7-5-14(6-8-15)19-20(27-11-2-12-28(27)21(19)29)18-9-10-25-22(26-18)30-17-4-1-3-16(24)13-17/h1,3-10,13H,2,11-12H2. The number of hydrogen-bond donors (Lipinski definition) is 0. The maximum atomic E-state index is 13.4. The summed E-state index contributed by atoms with van der Waals surface area (Å²) in [5.74, 6) is -0.538. The van der Waals surface area contributed by atoms with Gasteiger partial charge in [0.15, 0.2) is 0 Å².